The molecule has 8 heteroatoms. The van der Waals surface area contributed by atoms with Gasteiger partial charge in [0.2, 0.25) is 6.79 Å². The third kappa shape index (κ3) is 2.16. The highest BCUT2D eigenvalue weighted by atomic mass is 16.7. The Balaban J connectivity index is 1.54. The number of aromatic nitrogens is 4. The van der Waals surface area contributed by atoms with Crippen molar-refractivity contribution >= 4 is 5.91 Å². The number of nitrogens with one attached hydrogen (secondary N) is 1. The van der Waals surface area contributed by atoms with Gasteiger partial charge in [0.25, 0.3) is 5.91 Å². The Kier molecular flexibility index (Phi) is 2.95. The number of carbonyl (C=O) groups is 1. The summed E-state index contributed by atoms with van der Waals surface area (Å²) in [4.78, 5) is 12.5. The number of fused-ring (bicyclic) bond motifs is 1. The van der Waals surface area contributed by atoms with Crippen LogP contribution < -0.4 is 14.8 Å². The smallest absolute Gasteiger partial charge is 0.255 e. The molecular weight excluding hydrogens is 286 g/mol. The molecule has 1 fully saturated rings. The molecule has 8 nitrogen and oxygen atoms in total. The zero-order valence-corrected chi connectivity index (χ0v) is 12.0. The van der Waals surface area contributed by atoms with Crippen molar-refractivity contribution < 1.29 is 14.3 Å². The molecule has 22 heavy (non-hydrogen) atoms. The Hall–Kier alpha value is -2.64. The Labute approximate surface area is 126 Å². The van der Waals surface area contributed by atoms with Crippen LogP contribution in [0.25, 0.3) is 0 Å². The quantitative estimate of drug-likeness (QED) is 0.913. The largest absolute Gasteiger partial charge is 0.454 e. The number of tetrazole rings is 1. The molecule has 2 heterocycles. The average Bonchev–Trinajstić information content (AvgIpc) is 3.05. The predicted molar refractivity (Wildman–Crippen MR) is 74.5 cm³/mol. The van der Waals surface area contributed by atoms with Crippen molar-refractivity contribution in [2.45, 2.75) is 31.8 Å². The number of rotatable bonds is 4. The molecule has 1 amide bonds. The summed E-state index contributed by atoms with van der Waals surface area (Å²) in [5.41, 5.74) is 0.451. The monoisotopic (exact) mass is 301 g/mol. The Morgan fingerprint density at radius 2 is 2.27 bits per heavy atom. The normalized spacial score (nSPS) is 17.3. The molecule has 2 aliphatic rings. The molecule has 1 saturated carbocycles. The number of nitrogens with zero attached hydrogens (tertiary/aromatic N) is 4. The van der Waals surface area contributed by atoms with Crippen LogP contribution in [0.4, 0.5) is 0 Å². The highest BCUT2D eigenvalue weighted by molar-refractivity contribution is 5.98. The van der Waals surface area contributed by atoms with Gasteiger partial charge in [0.05, 0.1) is 17.6 Å². The van der Waals surface area contributed by atoms with Gasteiger partial charge < -0.3 is 14.8 Å². The first kappa shape index (κ1) is 13.1. The Bertz CT molecular complexity index is 725. The fourth-order valence-corrected chi connectivity index (χ4v) is 2.51. The summed E-state index contributed by atoms with van der Waals surface area (Å²) in [6.45, 7) is 2.00. The highest BCUT2D eigenvalue weighted by Crippen LogP contribution is 2.36. The molecule has 0 radical (unpaired) electrons. The summed E-state index contributed by atoms with van der Waals surface area (Å²) >= 11 is 0. The van der Waals surface area contributed by atoms with Gasteiger partial charge in [-0.15, -0.1) is 5.10 Å². The predicted octanol–water partition coefficient (Wildman–Crippen LogP) is 1.23. The lowest BCUT2D eigenvalue weighted by Crippen LogP contribution is -2.29. The van der Waals surface area contributed by atoms with Crippen LogP contribution in [0.3, 0.4) is 0 Å². The number of amides is 1. The molecular formula is C14H15N5O3. The molecule has 0 saturated heterocycles. The summed E-state index contributed by atoms with van der Waals surface area (Å²) in [5.74, 6) is 1.50. The van der Waals surface area contributed by atoms with Crippen molar-refractivity contribution in [2.75, 3.05) is 6.79 Å². The van der Waals surface area contributed by atoms with Gasteiger partial charge in [-0.25, -0.2) is 4.68 Å². The Morgan fingerprint density at radius 3 is 3.09 bits per heavy atom. The van der Waals surface area contributed by atoms with E-state index in [0.717, 1.165) is 12.8 Å². The van der Waals surface area contributed by atoms with Crippen LogP contribution in [-0.4, -0.2) is 32.9 Å². The number of carbonyl (C=O) groups excluding carboxylic acids is 1. The van der Waals surface area contributed by atoms with Crippen LogP contribution in [0, 0.1) is 0 Å². The second kappa shape index (κ2) is 4.97. The van der Waals surface area contributed by atoms with E-state index < -0.39 is 0 Å². The molecule has 1 aliphatic heterocycles. The minimum absolute atomic E-state index is 0.134. The van der Waals surface area contributed by atoms with Crippen LogP contribution in [0.5, 0.6) is 11.5 Å². The standard InChI is InChI=1S/C14H15N5O3/c1-8(13-16-17-18-19(13)9-5-6-9)15-14(20)10-3-2-4-11-12(10)22-7-21-11/h2-4,8-9H,5-7H2,1H3,(H,15,20)/t8-/m1/s1. The lowest BCUT2D eigenvalue weighted by Gasteiger charge is -2.14. The first-order valence-corrected chi connectivity index (χ1v) is 7.21. The topological polar surface area (TPSA) is 91.2 Å². The van der Waals surface area contributed by atoms with Gasteiger partial charge in [-0.2, -0.15) is 0 Å². The molecule has 0 spiro atoms. The van der Waals surface area contributed by atoms with Gasteiger partial charge in [0.15, 0.2) is 17.3 Å². The van der Waals surface area contributed by atoms with Crippen molar-refractivity contribution in [3.63, 3.8) is 0 Å². The van der Waals surface area contributed by atoms with E-state index in [9.17, 15) is 4.79 Å². The maximum absolute atomic E-state index is 12.5. The van der Waals surface area contributed by atoms with E-state index in [4.69, 9.17) is 9.47 Å². The summed E-state index contributed by atoms with van der Waals surface area (Å²) in [7, 11) is 0. The molecule has 1 aliphatic carbocycles. The van der Waals surface area contributed by atoms with Crippen molar-refractivity contribution in [1.82, 2.24) is 25.5 Å². The second-order valence-corrected chi connectivity index (χ2v) is 5.45. The van der Waals surface area contributed by atoms with Crippen molar-refractivity contribution in [3.8, 4) is 11.5 Å². The minimum Gasteiger partial charge on any atom is -0.454 e. The van der Waals surface area contributed by atoms with Crippen LogP contribution in [-0.2, 0) is 0 Å². The zero-order valence-electron chi connectivity index (χ0n) is 12.0. The zero-order chi connectivity index (χ0) is 15.1. The highest BCUT2D eigenvalue weighted by Gasteiger charge is 2.30. The van der Waals surface area contributed by atoms with E-state index in [0.29, 0.717) is 28.9 Å². The average molecular weight is 301 g/mol. The summed E-state index contributed by atoms with van der Waals surface area (Å²) in [6, 6.07) is 5.32. The molecule has 2 aromatic rings. The molecule has 1 aromatic carbocycles. The van der Waals surface area contributed by atoms with E-state index in [-0.39, 0.29) is 18.7 Å². The van der Waals surface area contributed by atoms with Crippen molar-refractivity contribution in [2.24, 2.45) is 0 Å². The van der Waals surface area contributed by atoms with E-state index in [2.05, 4.69) is 20.8 Å². The first-order valence-electron chi connectivity index (χ1n) is 7.21. The fourth-order valence-electron chi connectivity index (χ4n) is 2.51. The number of para-hydroxylation sites is 1. The fraction of sp³-hybridized carbons (Fsp3) is 0.429. The van der Waals surface area contributed by atoms with Gasteiger partial charge in [0.1, 0.15) is 0 Å². The van der Waals surface area contributed by atoms with Gasteiger partial charge >= 0.3 is 0 Å². The van der Waals surface area contributed by atoms with Gasteiger partial charge in [0, 0.05) is 0 Å². The second-order valence-electron chi connectivity index (χ2n) is 5.45. The van der Waals surface area contributed by atoms with E-state index in [1.165, 1.54) is 0 Å². The number of benzene rings is 1. The van der Waals surface area contributed by atoms with Crippen LogP contribution in [0.15, 0.2) is 18.2 Å². The molecule has 1 aromatic heterocycles. The summed E-state index contributed by atoms with van der Waals surface area (Å²) in [6.07, 6.45) is 2.16. The van der Waals surface area contributed by atoms with Crippen molar-refractivity contribution in [1.29, 1.82) is 0 Å². The lowest BCUT2D eigenvalue weighted by molar-refractivity contribution is 0.0932. The third-order valence-electron chi connectivity index (χ3n) is 3.79. The summed E-state index contributed by atoms with van der Waals surface area (Å²) in [5, 5.41) is 14.6. The molecule has 1 N–H and O–H groups in total. The molecule has 4 rings (SSSR count). The maximum atomic E-state index is 12.5. The van der Waals surface area contributed by atoms with Crippen molar-refractivity contribution in [3.05, 3.63) is 29.6 Å². The van der Waals surface area contributed by atoms with Gasteiger partial charge in [-0.05, 0) is 42.3 Å². The third-order valence-corrected chi connectivity index (χ3v) is 3.79. The van der Waals surface area contributed by atoms with E-state index in [1.54, 1.807) is 22.9 Å². The number of hydrogen-bond donors (Lipinski definition) is 1. The van der Waals surface area contributed by atoms with Crippen LogP contribution in [0.1, 0.15) is 48.0 Å². The molecule has 0 bridgehead atoms. The van der Waals surface area contributed by atoms with Gasteiger partial charge in [-0.3, -0.25) is 4.79 Å². The van der Waals surface area contributed by atoms with Crippen LogP contribution in [0.2, 0.25) is 0 Å². The van der Waals surface area contributed by atoms with Gasteiger partial charge in [-0.1, -0.05) is 6.07 Å². The van der Waals surface area contributed by atoms with E-state index in [1.807, 2.05) is 6.92 Å². The molecule has 0 unspecified atom stereocenters. The number of ether oxygens (including phenoxy) is 2. The minimum atomic E-state index is -0.290. The van der Waals surface area contributed by atoms with Crippen LogP contribution >= 0.6 is 0 Å². The maximum Gasteiger partial charge on any atom is 0.255 e. The SMILES string of the molecule is C[C@@H](NC(=O)c1cccc2c1OCO2)c1nnnn1C1CC1. The summed E-state index contributed by atoms with van der Waals surface area (Å²) < 4.78 is 12.4. The molecule has 1 atom stereocenters. The Morgan fingerprint density at radius 1 is 1.41 bits per heavy atom. The molecule has 114 valence electrons. The lowest BCUT2D eigenvalue weighted by atomic mass is 10.1. The number of hydrogen-bond acceptors (Lipinski definition) is 6. The first-order chi connectivity index (χ1) is 10.7. The van der Waals surface area contributed by atoms with E-state index >= 15 is 0 Å².